The minimum absolute atomic E-state index is 0.181. The van der Waals surface area contributed by atoms with E-state index in [2.05, 4.69) is 168 Å². The van der Waals surface area contributed by atoms with Crippen molar-refractivity contribution in [2.45, 2.75) is 29.0 Å². The summed E-state index contributed by atoms with van der Waals surface area (Å²) in [4.78, 5) is 1.09. The van der Waals surface area contributed by atoms with Gasteiger partial charge in [0.15, 0.2) is 0 Å². The van der Waals surface area contributed by atoms with Crippen molar-refractivity contribution in [3.8, 4) is 0 Å². The molecule has 0 saturated carbocycles. The summed E-state index contributed by atoms with van der Waals surface area (Å²) in [7, 11) is 0. The van der Waals surface area contributed by atoms with Gasteiger partial charge in [-0.3, -0.25) is 0 Å². The third-order valence-electron chi connectivity index (χ3n) is 5.49. The van der Waals surface area contributed by atoms with E-state index in [1.165, 1.54) is 33.4 Å². The molecule has 6 unspecified atom stereocenters. The van der Waals surface area contributed by atoms with Crippen LogP contribution in [0.1, 0.15) is 62.3 Å². The van der Waals surface area contributed by atoms with Crippen molar-refractivity contribution in [1.29, 1.82) is 0 Å². The Bertz CT molecular complexity index is 771. The third kappa shape index (κ3) is 4.89. The number of hydrogen-bond donors (Lipinski definition) is 0. The van der Waals surface area contributed by atoms with Gasteiger partial charge >= 0.3 is 0 Å². The van der Waals surface area contributed by atoms with Gasteiger partial charge in [0.1, 0.15) is 0 Å². The van der Waals surface area contributed by atoms with E-state index in [-0.39, 0.29) is 29.0 Å². The first-order valence-electron chi connectivity index (χ1n) is 9.51. The van der Waals surface area contributed by atoms with Crippen molar-refractivity contribution in [1.82, 2.24) is 0 Å². The van der Waals surface area contributed by atoms with Gasteiger partial charge in [0.05, 0.1) is 29.0 Å². The second-order valence-electron chi connectivity index (χ2n) is 7.41. The molecule has 0 spiro atoms. The van der Waals surface area contributed by atoms with Crippen molar-refractivity contribution >= 4 is 95.6 Å². The molecule has 0 radical (unpaired) electrons. The smallest absolute Gasteiger partial charge is 0.0561 e. The molecule has 4 aliphatic carbocycles. The Kier molecular flexibility index (Phi) is 8.06. The van der Waals surface area contributed by atoms with Gasteiger partial charge < -0.3 is 0 Å². The topological polar surface area (TPSA) is 0 Å². The standard InChI is InChI=1S/C24H18Br6/c25-19-13-1-2-14(4-3-13)20(26)22(28)16-9-11-18(12-10-16)24(30)23(29)17-7-5-15(6-8-17)21(19)27/h1-12,19-24H. The van der Waals surface area contributed by atoms with E-state index < -0.39 is 0 Å². The summed E-state index contributed by atoms with van der Waals surface area (Å²) < 4.78 is 0. The number of fused-ring (bicyclic) bond motifs is 3. The highest BCUT2D eigenvalue weighted by Gasteiger charge is 2.25. The minimum atomic E-state index is 0.181. The third-order valence-corrected chi connectivity index (χ3v) is 14.0. The number of benzene rings is 3. The molecule has 0 aromatic heterocycles. The first-order valence-corrected chi connectivity index (χ1v) is 15.0. The van der Waals surface area contributed by atoms with Crippen LogP contribution in [0.5, 0.6) is 0 Å². The molecule has 6 bridgehead atoms. The summed E-state index contributed by atoms with van der Waals surface area (Å²) in [6.07, 6.45) is 0. The maximum absolute atomic E-state index is 3.90. The molecule has 0 aliphatic heterocycles. The largest absolute Gasteiger partial charge is 0.0823 e. The molecule has 6 atom stereocenters. The van der Waals surface area contributed by atoms with Gasteiger partial charge in [-0.2, -0.15) is 0 Å². The van der Waals surface area contributed by atoms with Gasteiger partial charge in [-0.25, -0.2) is 0 Å². The zero-order chi connectivity index (χ0) is 21.4. The number of hydrogen-bond acceptors (Lipinski definition) is 0. The monoisotopic (exact) mass is 780 g/mol. The zero-order valence-electron chi connectivity index (χ0n) is 15.7. The Labute approximate surface area is 228 Å². The lowest BCUT2D eigenvalue weighted by atomic mass is 9.96. The summed E-state index contributed by atoms with van der Waals surface area (Å²) in [6, 6.07) is 26.5. The maximum Gasteiger partial charge on any atom is 0.0561 e. The van der Waals surface area contributed by atoms with Crippen LogP contribution in [-0.2, 0) is 0 Å². The number of halogens is 6. The normalized spacial score (nSPS) is 29.0. The predicted molar refractivity (Wildman–Crippen MR) is 149 cm³/mol. The molecular weight excluding hydrogens is 768 g/mol. The quantitative estimate of drug-likeness (QED) is 0.199. The fourth-order valence-corrected chi connectivity index (χ4v) is 7.27. The second kappa shape index (κ2) is 10.2. The van der Waals surface area contributed by atoms with Crippen molar-refractivity contribution in [3.05, 3.63) is 106 Å². The lowest BCUT2D eigenvalue weighted by Crippen LogP contribution is -2.04. The first kappa shape index (κ1) is 23.7. The molecule has 3 aromatic rings. The molecule has 0 amide bonds. The summed E-state index contributed by atoms with van der Waals surface area (Å²) in [6.45, 7) is 0. The van der Waals surface area contributed by atoms with Gasteiger partial charge in [0, 0.05) is 0 Å². The molecule has 3 aromatic carbocycles. The summed E-state index contributed by atoms with van der Waals surface area (Å²) in [5.41, 5.74) is 7.50. The average molecular weight is 786 g/mol. The lowest BCUT2D eigenvalue weighted by Gasteiger charge is -2.23. The molecular formula is C24H18Br6. The van der Waals surface area contributed by atoms with Crippen LogP contribution in [0.2, 0.25) is 0 Å². The predicted octanol–water partition coefficient (Wildman–Crippen LogP) is 10.7. The highest BCUT2D eigenvalue weighted by Crippen LogP contribution is 2.47. The SMILES string of the molecule is BrC1c2ccc(cc2)C(Br)C(Br)c2ccc(cc2)C(Br)C(Br)c2ccc(cc2)C1Br. The molecule has 0 fully saturated rings. The van der Waals surface area contributed by atoms with Crippen LogP contribution >= 0.6 is 95.6 Å². The van der Waals surface area contributed by atoms with Gasteiger partial charge in [-0.15, -0.1) is 0 Å². The van der Waals surface area contributed by atoms with Crippen LogP contribution in [0.4, 0.5) is 0 Å². The number of rotatable bonds is 0. The Morgan fingerprint density at radius 1 is 0.267 bits per heavy atom. The minimum Gasteiger partial charge on any atom is -0.0823 e. The Balaban J connectivity index is 1.80. The van der Waals surface area contributed by atoms with Crippen molar-refractivity contribution in [2.24, 2.45) is 0 Å². The fourth-order valence-electron chi connectivity index (χ4n) is 3.60. The molecule has 6 heteroatoms. The Morgan fingerprint density at radius 2 is 0.367 bits per heavy atom. The van der Waals surface area contributed by atoms with E-state index >= 15 is 0 Å². The van der Waals surface area contributed by atoms with Crippen LogP contribution in [0, 0.1) is 0 Å². The van der Waals surface area contributed by atoms with E-state index in [9.17, 15) is 0 Å². The van der Waals surface area contributed by atoms with Crippen LogP contribution in [0.3, 0.4) is 0 Å². The fraction of sp³-hybridized carbons (Fsp3) is 0.250. The van der Waals surface area contributed by atoms with Crippen LogP contribution in [-0.4, -0.2) is 0 Å². The highest BCUT2D eigenvalue weighted by molar-refractivity contribution is 9.12. The van der Waals surface area contributed by atoms with Gasteiger partial charge in [0.2, 0.25) is 0 Å². The van der Waals surface area contributed by atoms with E-state index in [1.807, 2.05) is 0 Å². The van der Waals surface area contributed by atoms with Crippen LogP contribution in [0.25, 0.3) is 0 Å². The summed E-state index contributed by atoms with van der Waals surface area (Å²) in [5, 5.41) is 0. The molecule has 4 aliphatic rings. The molecule has 0 nitrogen and oxygen atoms in total. The molecule has 7 rings (SSSR count). The Hall–Kier alpha value is 0.540. The molecule has 0 saturated heterocycles. The second-order valence-corrected chi connectivity index (χ2v) is 13.3. The Morgan fingerprint density at radius 3 is 0.467 bits per heavy atom. The molecule has 0 N–H and O–H groups in total. The van der Waals surface area contributed by atoms with E-state index in [4.69, 9.17) is 0 Å². The zero-order valence-corrected chi connectivity index (χ0v) is 25.2. The number of alkyl halides is 6. The van der Waals surface area contributed by atoms with Gasteiger partial charge in [0.25, 0.3) is 0 Å². The van der Waals surface area contributed by atoms with E-state index in [1.54, 1.807) is 0 Å². The molecule has 0 heterocycles. The van der Waals surface area contributed by atoms with Crippen LogP contribution in [0.15, 0.2) is 72.8 Å². The average Bonchev–Trinajstić information content (AvgIpc) is 2.81. The lowest BCUT2D eigenvalue weighted by molar-refractivity contribution is 0.901. The summed E-state index contributed by atoms with van der Waals surface area (Å²) >= 11 is 23.4. The molecule has 30 heavy (non-hydrogen) atoms. The van der Waals surface area contributed by atoms with Crippen molar-refractivity contribution < 1.29 is 0 Å². The molecule has 156 valence electrons. The first-order chi connectivity index (χ1) is 14.4. The van der Waals surface area contributed by atoms with E-state index in [0.717, 1.165) is 0 Å². The highest BCUT2D eigenvalue weighted by atomic mass is 79.9. The van der Waals surface area contributed by atoms with Gasteiger partial charge in [-0.1, -0.05) is 168 Å². The van der Waals surface area contributed by atoms with Crippen LogP contribution < -0.4 is 0 Å². The maximum atomic E-state index is 3.90. The van der Waals surface area contributed by atoms with Crippen molar-refractivity contribution in [2.75, 3.05) is 0 Å². The van der Waals surface area contributed by atoms with Gasteiger partial charge in [-0.05, 0) is 33.4 Å². The van der Waals surface area contributed by atoms with E-state index in [0.29, 0.717) is 0 Å². The van der Waals surface area contributed by atoms with Crippen molar-refractivity contribution in [3.63, 3.8) is 0 Å². The summed E-state index contributed by atoms with van der Waals surface area (Å²) in [5.74, 6) is 0.